The lowest BCUT2D eigenvalue weighted by atomic mass is 9.96. The van der Waals surface area contributed by atoms with Crippen molar-refractivity contribution in [3.63, 3.8) is 0 Å². The molecule has 0 radical (unpaired) electrons. The molecule has 0 bridgehead atoms. The Morgan fingerprint density at radius 1 is 0.765 bits per heavy atom. The van der Waals surface area contributed by atoms with Crippen LogP contribution in [0.25, 0.3) is 22.6 Å². The molecule has 34 heavy (non-hydrogen) atoms. The molecule has 0 atom stereocenters. The van der Waals surface area contributed by atoms with E-state index in [4.69, 9.17) is 9.47 Å². The first-order valence-corrected chi connectivity index (χ1v) is 9.85. The first kappa shape index (κ1) is 24.0. The number of nitrogens with zero attached hydrogens (tertiary/aromatic N) is 3. The number of carbonyl (C=O) groups excluding carboxylic acids is 2. The zero-order valence-electron chi connectivity index (χ0n) is 18.1. The molecular weight excluding hydrogens is 446 g/mol. The van der Waals surface area contributed by atoms with Crippen LogP contribution in [0.4, 0.5) is 0 Å². The van der Waals surface area contributed by atoms with Gasteiger partial charge in [-0.1, -0.05) is 0 Å². The van der Waals surface area contributed by atoms with E-state index in [9.17, 15) is 29.4 Å². The summed E-state index contributed by atoms with van der Waals surface area (Å²) in [5, 5.41) is 19.2. The number of aromatic carboxylic acids is 2. The minimum atomic E-state index is -1.49. The molecule has 0 aliphatic carbocycles. The van der Waals surface area contributed by atoms with Gasteiger partial charge in [-0.25, -0.2) is 9.59 Å². The average molecular weight is 465 g/mol. The van der Waals surface area contributed by atoms with Crippen LogP contribution in [0.5, 0.6) is 0 Å². The fourth-order valence-electron chi connectivity index (χ4n) is 3.24. The Kier molecular flexibility index (Phi) is 7.26. The molecule has 3 heterocycles. The second-order valence-electron chi connectivity index (χ2n) is 6.95. The molecule has 0 amide bonds. The topological polar surface area (TPSA) is 166 Å². The molecule has 11 heteroatoms. The minimum Gasteiger partial charge on any atom is -0.478 e. The lowest BCUT2D eigenvalue weighted by molar-refractivity contribution is -0.143. The third-order valence-electron chi connectivity index (χ3n) is 4.69. The fraction of sp³-hybridized carbons (Fsp3) is 0.174. The van der Waals surface area contributed by atoms with Gasteiger partial charge in [-0.05, 0) is 29.8 Å². The first-order chi connectivity index (χ1) is 16.2. The Labute approximate surface area is 193 Å². The van der Waals surface area contributed by atoms with Crippen molar-refractivity contribution in [3.05, 3.63) is 65.1 Å². The smallest absolute Gasteiger partial charge is 0.338 e. The van der Waals surface area contributed by atoms with E-state index < -0.39 is 35.0 Å². The van der Waals surface area contributed by atoms with Crippen LogP contribution in [-0.2, 0) is 32.3 Å². The van der Waals surface area contributed by atoms with Crippen LogP contribution in [0.15, 0.2) is 42.9 Å². The van der Waals surface area contributed by atoms with Gasteiger partial charge in [-0.2, -0.15) is 0 Å². The number of hydrogen-bond donors (Lipinski definition) is 2. The maximum Gasteiger partial charge on any atom is 0.338 e. The van der Waals surface area contributed by atoms with E-state index >= 15 is 0 Å². The van der Waals surface area contributed by atoms with Crippen molar-refractivity contribution in [2.45, 2.75) is 27.1 Å². The van der Waals surface area contributed by atoms with E-state index in [1.807, 2.05) is 0 Å². The Morgan fingerprint density at radius 2 is 1.38 bits per heavy atom. The maximum absolute atomic E-state index is 12.0. The Hall–Kier alpha value is -4.67. The van der Waals surface area contributed by atoms with Gasteiger partial charge in [-0.15, -0.1) is 0 Å². The molecule has 0 aliphatic heterocycles. The Balaban J connectivity index is 2.27. The predicted molar refractivity (Wildman–Crippen MR) is 116 cm³/mol. The molecule has 0 saturated carbocycles. The van der Waals surface area contributed by atoms with Crippen LogP contribution < -0.4 is 0 Å². The van der Waals surface area contributed by atoms with Crippen molar-refractivity contribution in [2.24, 2.45) is 0 Å². The van der Waals surface area contributed by atoms with Crippen molar-refractivity contribution in [2.75, 3.05) is 0 Å². The van der Waals surface area contributed by atoms with Crippen molar-refractivity contribution < 1.29 is 38.9 Å². The van der Waals surface area contributed by atoms with Crippen LogP contribution in [0.3, 0.4) is 0 Å². The number of carboxylic acid groups (broad SMARTS) is 2. The van der Waals surface area contributed by atoms with Gasteiger partial charge < -0.3 is 19.7 Å². The number of pyridine rings is 3. The van der Waals surface area contributed by atoms with E-state index in [0.717, 1.165) is 6.07 Å². The standard InChI is InChI=1S/C23H19N3O8/c1-12(27)33-10-14-5-8-25-19(17(14)11-34-13(2)28)16-4-3-7-24-20(16)21-18(23(31)32)15(22(29)30)6-9-26-21/h3-9H,10-11H2,1-2H3,(H,29,30)(H,31,32). The predicted octanol–water partition coefficient (Wildman–Crippen LogP) is 2.73. The van der Waals surface area contributed by atoms with Crippen molar-refractivity contribution >= 4 is 23.9 Å². The number of carboxylic acids is 2. The number of carbonyl (C=O) groups is 4. The van der Waals surface area contributed by atoms with Gasteiger partial charge in [0.05, 0.1) is 17.0 Å². The first-order valence-electron chi connectivity index (χ1n) is 9.85. The van der Waals surface area contributed by atoms with Gasteiger partial charge in [-0.3, -0.25) is 24.5 Å². The zero-order chi connectivity index (χ0) is 24.8. The van der Waals surface area contributed by atoms with Crippen LogP contribution in [0.1, 0.15) is 45.7 Å². The number of rotatable bonds is 8. The number of esters is 2. The Morgan fingerprint density at radius 3 is 2.03 bits per heavy atom. The van der Waals surface area contributed by atoms with E-state index in [0.29, 0.717) is 16.7 Å². The quantitative estimate of drug-likeness (QED) is 0.470. The molecule has 174 valence electrons. The highest BCUT2D eigenvalue weighted by atomic mass is 16.5. The summed E-state index contributed by atoms with van der Waals surface area (Å²) >= 11 is 0. The normalized spacial score (nSPS) is 10.4. The van der Waals surface area contributed by atoms with Crippen LogP contribution in [-0.4, -0.2) is 49.0 Å². The molecule has 0 spiro atoms. The minimum absolute atomic E-state index is 0.0595. The largest absolute Gasteiger partial charge is 0.478 e. The van der Waals surface area contributed by atoms with Gasteiger partial charge in [0, 0.05) is 43.6 Å². The highest BCUT2D eigenvalue weighted by molar-refractivity contribution is 6.06. The molecule has 0 fully saturated rings. The highest BCUT2D eigenvalue weighted by Crippen LogP contribution is 2.34. The van der Waals surface area contributed by atoms with Gasteiger partial charge in [0.15, 0.2) is 0 Å². The number of ether oxygens (including phenoxy) is 2. The van der Waals surface area contributed by atoms with E-state index in [-0.39, 0.29) is 30.3 Å². The van der Waals surface area contributed by atoms with Gasteiger partial charge in [0.25, 0.3) is 0 Å². The molecule has 0 unspecified atom stereocenters. The average Bonchev–Trinajstić information content (AvgIpc) is 2.80. The second kappa shape index (κ2) is 10.3. The lowest BCUT2D eigenvalue weighted by Crippen LogP contribution is -2.12. The molecule has 3 rings (SSSR count). The monoisotopic (exact) mass is 465 g/mol. The summed E-state index contributed by atoms with van der Waals surface area (Å²) in [4.78, 5) is 59.1. The second-order valence-corrected chi connectivity index (χ2v) is 6.95. The number of hydrogen-bond acceptors (Lipinski definition) is 9. The summed E-state index contributed by atoms with van der Waals surface area (Å²) in [5.41, 5.74) is 0.386. The van der Waals surface area contributed by atoms with E-state index in [1.54, 1.807) is 18.2 Å². The summed E-state index contributed by atoms with van der Waals surface area (Å²) in [6, 6.07) is 5.85. The third-order valence-corrected chi connectivity index (χ3v) is 4.69. The Bertz CT molecular complexity index is 1290. The van der Waals surface area contributed by atoms with Crippen molar-refractivity contribution in [3.8, 4) is 22.6 Å². The molecule has 0 aromatic carbocycles. The van der Waals surface area contributed by atoms with Gasteiger partial charge >= 0.3 is 23.9 Å². The van der Waals surface area contributed by atoms with Crippen LogP contribution >= 0.6 is 0 Å². The van der Waals surface area contributed by atoms with Crippen molar-refractivity contribution in [1.82, 2.24) is 15.0 Å². The molecule has 3 aromatic rings. The molecule has 2 N–H and O–H groups in total. The van der Waals surface area contributed by atoms with Gasteiger partial charge in [0.2, 0.25) is 0 Å². The number of aromatic nitrogens is 3. The van der Waals surface area contributed by atoms with Crippen LogP contribution in [0.2, 0.25) is 0 Å². The lowest BCUT2D eigenvalue weighted by Gasteiger charge is -2.16. The fourth-order valence-corrected chi connectivity index (χ4v) is 3.24. The molecular formula is C23H19N3O8. The molecule has 11 nitrogen and oxygen atoms in total. The molecule has 0 saturated heterocycles. The SMILES string of the molecule is CC(=O)OCc1ccnc(-c2cccnc2-c2nccc(C(=O)O)c2C(=O)O)c1COC(C)=O. The summed E-state index contributed by atoms with van der Waals surface area (Å²) in [5.74, 6) is -3.99. The third kappa shape index (κ3) is 5.21. The summed E-state index contributed by atoms with van der Waals surface area (Å²) < 4.78 is 10.3. The van der Waals surface area contributed by atoms with Crippen molar-refractivity contribution in [1.29, 1.82) is 0 Å². The molecule has 0 aliphatic rings. The summed E-state index contributed by atoms with van der Waals surface area (Å²) in [6.07, 6.45) is 4.02. The van der Waals surface area contributed by atoms with Crippen LogP contribution in [0, 0.1) is 0 Å². The van der Waals surface area contributed by atoms with E-state index in [2.05, 4.69) is 15.0 Å². The summed E-state index contributed by atoms with van der Waals surface area (Å²) in [7, 11) is 0. The molecule has 3 aromatic heterocycles. The highest BCUT2D eigenvalue weighted by Gasteiger charge is 2.26. The maximum atomic E-state index is 12.0. The summed E-state index contributed by atoms with van der Waals surface area (Å²) in [6.45, 7) is 2.15. The van der Waals surface area contributed by atoms with E-state index in [1.165, 1.54) is 32.4 Å². The zero-order valence-corrected chi connectivity index (χ0v) is 18.1. The van der Waals surface area contributed by atoms with Gasteiger partial charge in [0.1, 0.15) is 24.5 Å².